The quantitative estimate of drug-likeness (QED) is 0.756. The fourth-order valence-electron chi connectivity index (χ4n) is 2.25. The highest BCUT2D eigenvalue weighted by Crippen LogP contribution is 2.39. The van der Waals surface area contributed by atoms with Crippen molar-refractivity contribution in [2.24, 2.45) is 0 Å². The summed E-state index contributed by atoms with van der Waals surface area (Å²) in [5.41, 5.74) is 8.93. The highest BCUT2D eigenvalue weighted by molar-refractivity contribution is 6.33. The predicted molar refractivity (Wildman–Crippen MR) is 81.4 cm³/mol. The highest BCUT2D eigenvalue weighted by Gasteiger charge is 2.20. The minimum atomic E-state index is -0.447. The molecule has 0 saturated carbocycles. The van der Waals surface area contributed by atoms with Gasteiger partial charge < -0.3 is 5.73 Å². The van der Waals surface area contributed by atoms with Crippen molar-refractivity contribution in [2.75, 3.05) is 5.73 Å². The Kier molecular flexibility index (Phi) is 3.35. The van der Waals surface area contributed by atoms with E-state index in [9.17, 15) is 4.39 Å². The molecule has 3 aromatic rings. The Hall–Kier alpha value is -2.40. The van der Waals surface area contributed by atoms with Crippen LogP contribution in [-0.4, -0.2) is 15.2 Å². The van der Waals surface area contributed by atoms with Gasteiger partial charge in [0, 0.05) is 23.5 Å². The number of pyridine rings is 1. The molecule has 0 unspecified atom stereocenters. The lowest BCUT2D eigenvalue weighted by Gasteiger charge is -2.08. The van der Waals surface area contributed by atoms with E-state index in [0.29, 0.717) is 11.3 Å². The summed E-state index contributed by atoms with van der Waals surface area (Å²) in [5.74, 6) is -0.254. The Bertz CT molecular complexity index is 793. The topological polar surface area (TPSA) is 67.6 Å². The van der Waals surface area contributed by atoms with E-state index in [0.717, 1.165) is 11.1 Å². The second-order valence-electron chi connectivity index (χ2n) is 4.71. The van der Waals surface area contributed by atoms with Crippen LogP contribution >= 0.6 is 11.6 Å². The molecular weight excluding hydrogens is 291 g/mol. The molecule has 4 nitrogen and oxygen atoms in total. The second-order valence-corrected chi connectivity index (χ2v) is 5.11. The van der Waals surface area contributed by atoms with Crippen LogP contribution in [0.25, 0.3) is 22.4 Å². The lowest BCUT2D eigenvalue weighted by Crippen LogP contribution is -1.93. The zero-order chi connectivity index (χ0) is 15.0. The molecule has 2 heterocycles. The number of aromatic amines is 1. The molecule has 0 aliphatic carbocycles. The van der Waals surface area contributed by atoms with E-state index in [4.69, 9.17) is 17.3 Å². The maximum atomic E-state index is 14.2. The van der Waals surface area contributed by atoms with E-state index < -0.39 is 5.82 Å². The summed E-state index contributed by atoms with van der Waals surface area (Å²) < 4.78 is 14.2. The van der Waals surface area contributed by atoms with Crippen LogP contribution in [0, 0.1) is 12.7 Å². The third kappa shape index (κ3) is 2.36. The van der Waals surface area contributed by atoms with Gasteiger partial charge in [-0.3, -0.25) is 10.1 Å². The van der Waals surface area contributed by atoms with E-state index in [1.54, 1.807) is 24.5 Å². The van der Waals surface area contributed by atoms with Gasteiger partial charge >= 0.3 is 0 Å². The van der Waals surface area contributed by atoms with E-state index in [1.807, 2.05) is 13.0 Å². The molecule has 3 rings (SSSR count). The van der Waals surface area contributed by atoms with Gasteiger partial charge in [0.05, 0.1) is 16.3 Å². The highest BCUT2D eigenvalue weighted by atomic mass is 35.5. The van der Waals surface area contributed by atoms with Gasteiger partial charge in [0.2, 0.25) is 0 Å². The summed E-state index contributed by atoms with van der Waals surface area (Å²) in [7, 11) is 0. The fourth-order valence-corrected chi connectivity index (χ4v) is 2.50. The number of hydrogen-bond acceptors (Lipinski definition) is 3. The minimum Gasteiger partial charge on any atom is -0.382 e. The largest absolute Gasteiger partial charge is 0.382 e. The standard InChI is InChI=1S/C15H12ClFN4/c1-8-5-9(7-19-6-8)14-13(15(18)21-20-14)12-10(16)3-2-4-11(12)17/h2-7H,1H3,(H3,18,20,21). The maximum Gasteiger partial charge on any atom is 0.153 e. The van der Waals surface area contributed by atoms with Crippen molar-refractivity contribution in [2.45, 2.75) is 6.92 Å². The van der Waals surface area contributed by atoms with Crippen LogP contribution in [-0.2, 0) is 0 Å². The van der Waals surface area contributed by atoms with Crippen molar-refractivity contribution >= 4 is 17.4 Å². The minimum absolute atomic E-state index is 0.193. The first kappa shape index (κ1) is 13.6. The molecule has 2 aromatic heterocycles. The lowest BCUT2D eigenvalue weighted by atomic mass is 10.0. The van der Waals surface area contributed by atoms with Crippen LogP contribution in [0.1, 0.15) is 5.56 Å². The molecule has 0 amide bonds. The van der Waals surface area contributed by atoms with Crippen LogP contribution in [0.2, 0.25) is 5.02 Å². The molecule has 0 atom stereocenters. The zero-order valence-electron chi connectivity index (χ0n) is 11.2. The summed E-state index contributed by atoms with van der Waals surface area (Å²) in [5, 5.41) is 7.09. The number of anilines is 1. The molecule has 21 heavy (non-hydrogen) atoms. The molecule has 0 spiro atoms. The third-order valence-electron chi connectivity index (χ3n) is 3.17. The number of nitrogens with zero attached hydrogens (tertiary/aromatic N) is 2. The molecule has 0 fully saturated rings. The number of nitrogens with one attached hydrogen (secondary N) is 1. The van der Waals surface area contributed by atoms with Crippen LogP contribution in [0.4, 0.5) is 10.2 Å². The zero-order valence-corrected chi connectivity index (χ0v) is 11.9. The SMILES string of the molecule is Cc1cncc(-c2[nH]nc(N)c2-c2c(F)cccc2Cl)c1. The van der Waals surface area contributed by atoms with Crippen molar-refractivity contribution in [1.29, 1.82) is 0 Å². The average molecular weight is 303 g/mol. The first-order chi connectivity index (χ1) is 10.1. The number of halogens is 2. The molecular formula is C15H12ClFN4. The number of benzene rings is 1. The Balaban J connectivity index is 2.28. The van der Waals surface area contributed by atoms with Crippen LogP contribution < -0.4 is 5.73 Å². The number of aryl methyl sites for hydroxylation is 1. The summed E-state index contributed by atoms with van der Waals surface area (Å²) >= 11 is 6.13. The summed E-state index contributed by atoms with van der Waals surface area (Å²) in [6, 6.07) is 6.42. The van der Waals surface area contributed by atoms with E-state index in [1.165, 1.54) is 6.07 Å². The van der Waals surface area contributed by atoms with Gasteiger partial charge in [0.15, 0.2) is 5.82 Å². The van der Waals surface area contributed by atoms with Crippen molar-refractivity contribution in [3.63, 3.8) is 0 Å². The molecule has 0 bridgehead atoms. The second kappa shape index (κ2) is 5.18. The van der Waals surface area contributed by atoms with E-state index >= 15 is 0 Å². The lowest BCUT2D eigenvalue weighted by molar-refractivity contribution is 0.631. The van der Waals surface area contributed by atoms with Crippen molar-refractivity contribution in [1.82, 2.24) is 15.2 Å². The van der Waals surface area contributed by atoms with Gasteiger partial charge in [-0.1, -0.05) is 17.7 Å². The summed E-state index contributed by atoms with van der Waals surface area (Å²) in [6.07, 6.45) is 3.40. The van der Waals surface area contributed by atoms with Crippen molar-refractivity contribution in [3.8, 4) is 22.4 Å². The van der Waals surface area contributed by atoms with E-state index in [-0.39, 0.29) is 16.4 Å². The first-order valence-corrected chi connectivity index (χ1v) is 6.66. The predicted octanol–water partition coefficient (Wildman–Crippen LogP) is 3.82. The Labute approximate surface area is 125 Å². The smallest absolute Gasteiger partial charge is 0.153 e. The van der Waals surface area contributed by atoms with Gasteiger partial charge in [0.25, 0.3) is 0 Å². The Morgan fingerprint density at radius 1 is 1.24 bits per heavy atom. The number of nitrogen functional groups attached to an aromatic ring is 1. The van der Waals surface area contributed by atoms with Gasteiger partial charge in [0.1, 0.15) is 5.82 Å². The Morgan fingerprint density at radius 2 is 2.05 bits per heavy atom. The molecule has 0 aliphatic heterocycles. The molecule has 3 N–H and O–H groups in total. The number of H-pyrrole nitrogens is 1. The van der Waals surface area contributed by atoms with Crippen molar-refractivity contribution in [3.05, 3.63) is 53.1 Å². The summed E-state index contributed by atoms with van der Waals surface area (Å²) in [6.45, 7) is 1.92. The number of hydrogen-bond donors (Lipinski definition) is 2. The normalized spacial score (nSPS) is 10.8. The molecule has 106 valence electrons. The van der Waals surface area contributed by atoms with Crippen LogP contribution in [0.3, 0.4) is 0 Å². The number of rotatable bonds is 2. The fraction of sp³-hybridized carbons (Fsp3) is 0.0667. The molecule has 6 heteroatoms. The van der Waals surface area contributed by atoms with Gasteiger partial charge in [-0.2, -0.15) is 5.10 Å². The number of nitrogens with two attached hydrogens (primary N) is 1. The maximum absolute atomic E-state index is 14.2. The monoisotopic (exact) mass is 302 g/mol. The molecule has 0 saturated heterocycles. The first-order valence-electron chi connectivity index (χ1n) is 6.28. The van der Waals surface area contributed by atoms with Gasteiger partial charge in [-0.05, 0) is 30.7 Å². The third-order valence-corrected chi connectivity index (χ3v) is 3.49. The molecule has 0 aliphatic rings. The average Bonchev–Trinajstić information content (AvgIpc) is 2.81. The van der Waals surface area contributed by atoms with Crippen molar-refractivity contribution < 1.29 is 4.39 Å². The molecule has 1 aromatic carbocycles. The van der Waals surface area contributed by atoms with Crippen LogP contribution in [0.5, 0.6) is 0 Å². The Morgan fingerprint density at radius 3 is 2.76 bits per heavy atom. The van der Waals surface area contributed by atoms with Crippen LogP contribution in [0.15, 0.2) is 36.7 Å². The number of aromatic nitrogens is 3. The summed E-state index contributed by atoms with van der Waals surface area (Å²) in [4.78, 5) is 4.13. The van der Waals surface area contributed by atoms with Gasteiger partial charge in [-0.15, -0.1) is 0 Å². The molecule has 0 radical (unpaired) electrons. The van der Waals surface area contributed by atoms with E-state index in [2.05, 4.69) is 15.2 Å². The van der Waals surface area contributed by atoms with Gasteiger partial charge in [-0.25, -0.2) is 4.39 Å².